The number of aryl methyl sites for hydroxylation is 2. The van der Waals surface area contributed by atoms with E-state index < -0.39 is 17.7 Å². The van der Waals surface area contributed by atoms with Crippen molar-refractivity contribution < 1.29 is 24.2 Å². The third-order valence-corrected chi connectivity index (χ3v) is 6.51. The number of ether oxygens (including phenoxy) is 2. The summed E-state index contributed by atoms with van der Waals surface area (Å²) < 4.78 is 11.3. The number of amides is 1. The zero-order chi connectivity index (χ0) is 22.2. The van der Waals surface area contributed by atoms with Crippen molar-refractivity contribution >= 4 is 17.4 Å². The standard InChI is InChI=1S/C26H27NO5/c1-2-11-27-23(18-9-10-20-21(15-18)32-13-12-31-20)22(25(29)26(27)30)24(28)19-8-7-16-5-3-4-6-17(16)14-19/h7-10,14-15,23,28H,2-6,11-13H2,1H3/b24-22-. The highest BCUT2D eigenvalue weighted by Crippen LogP contribution is 2.42. The van der Waals surface area contributed by atoms with Gasteiger partial charge in [-0.2, -0.15) is 0 Å². The van der Waals surface area contributed by atoms with E-state index in [9.17, 15) is 14.7 Å². The molecule has 1 amide bonds. The smallest absolute Gasteiger partial charge is 0.295 e. The van der Waals surface area contributed by atoms with Crippen LogP contribution in [0.5, 0.6) is 11.5 Å². The average molecular weight is 434 g/mol. The third-order valence-electron chi connectivity index (χ3n) is 6.51. The number of hydrogen-bond donors (Lipinski definition) is 1. The predicted molar refractivity (Wildman–Crippen MR) is 120 cm³/mol. The van der Waals surface area contributed by atoms with Gasteiger partial charge in [0.2, 0.25) is 0 Å². The molecule has 0 bridgehead atoms. The second-order valence-electron chi connectivity index (χ2n) is 8.59. The van der Waals surface area contributed by atoms with Crippen LogP contribution in [0.2, 0.25) is 0 Å². The maximum Gasteiger partial charge on any atom is 0.295 e. The SMILES string of the molecule is CCCN1C(=O)C(=O)/C(=C(\O)c2ccc3c(c2)CCCC3)C1c1ccc2c(c1)OCCO2. The van der Waals surface area contributed by atoms with Gasteiger partial charge in [0.05, 0.1) is 11.6 Å². The first-order valence-corrected chi connectivity index (χ1v) is 11.4. The molecule has 6 nitrogen and oxygen atoms in total. The molecule has 2 aromatic rings. The molecule has 1 fully saturated rings. The summed E-state index contributed by atoms with van der Waals surface area (Å²) in [6, 6.07) is 10.6. The molecule has 5 rings (SSSR count). The molecule has 0 aromatic heterocycles. The Bertz CT molecular complexity index is 1120. The summed E-state index contributed by atoms with van der Waals surface area (Å²) in [4.78, 5) is 27.6. The highest BCUT2D eigenvalue weighted by molar-refractivity contribution is 6.46. The Morgan fingerprint density at radius 3 is 2.53 bits per heavy atom. The minimum atomic E-state index is -0.665. The summed E-state index contributed by atoms with van der Waals surface area (Å²) in [5.41, 5.74) is 3.95. The lowest BCUT2D eigenvalue weighted by Gasteiger charge is -2.26. The van der Waals surface area contributed by atoms with E-state index in [2.05, 4.69) is 0 Å². The number of Topliss-reactive ketones (excluding diaryl/α,β-unsaturated/α-hetero) is 1. The fourth-order valence-corrected chi connectivity index (χ4v) is 4.96. The first-order valence-electron chi connectivity index (χ1n) is 11.4. The molecule has 2 heterocycles. The number of nitrogens with zero attached hydrogens (tertiary/aromatic N) is 1. The number of benzene rings is 2. The Labute approximate surface area is 187 Å². The monoisotopic (exact) mass is 433 g/mol. The predicted octanol–water partition coefficient (Wildman–Crippen LogP) is 4.17. The van der Waals surface area contributed by atoms with Crippen LogP contribution in [-0.2, 0) is 22.4 Å². The van der Waals surface area contributed by atoms with Crippen molar-refractivity contribution in [2.45, 2.75) is 45.1 Å². The van der Waals surface area contributed by atoms with Crippen LogP contribution in [0.15, 0.2) is 42.0 Å². The van der Waals surface area contributed by atoms with Gasteiger partial charge < -0.3 is 19.5 Å². The fourth-order valence-electron chi connectivity index (χ4n) is 4.96. The lowest BCUT2D eigenvalue weighted by atomic mass is 9.88. The number of aliphatic hydroxyl groups excluding tert-OH is 1. The van der Waals surface area contributed by atoms with Crippen LogP contribution in [0.25, 0.3) is 5.76 Å². The molecule has 1 saturated heterocycles. The molecule has 0 radical (unpaired) electrons. The number of hydrogen-bond acceptors (Lipinski definition) is 5. The number of carbonyl (C=O) groups excluding carboxylic acids is 2. The number of fused-ring (bicyclic) bond motifs is 2. The summed E-state index contributed by atoms with van der Waals surface area (Å²) in [6.45, 7) is 3.31. The van der Waals surface area contributed by atoms with Gasteiger partial charge in [-0.15, -0.1) is 0 Å². The quantitative estimate of drug-likeness (QED) is 0.445. The van der Waals surface area contributed by atoms with Gasteiger partial charge in [-0.1, -0.05) is 25.1 Å². The zero-order valence-electron chi connectivity index (χ0n) is 18.2. The minimum absolute atomic E-state index is 0.116. The maximum absolute atomic E-state index is 13.1. The highest BCUT2D eigenvalue weighted by atomic mass is 16.6. The average Bonchev–Trinajstić information content (AvgIpc) is 3.08. The first-order chi connectivity index (χ1) is 15.6. The number of ketones is 1. The van der Waals surface area contributed by atoms with Crippen LogP contribution in [0.1, 0.15) is 54.5 Å². The molecule has 0 saturated carbocycles. The number of aliphatic hydroxyl groups is 1. The molecular formula is C26H27NO5. The van der Waals surface area contributed by atoms with E-state index >= 15 is 0 Å². The molecule has 0 spiro atoms. The Morgan fingerprint density at radius 2 is 1.75 bits per heavy atom. The lowest BCUT2D eigenvalue weighted by Crippen LogP contribution is -2.30. The zero-order valence-corrected chi connectivity index (χ0v) is 18.2. The van der Waals surface area contributed by atoms with Crippen LogP contribution in [0.3, 0.4) is 0 Å². The number of likely N-dealkylation sites (tertiary alicyclic amines) is 1. The molecular weight excluding hydrogens is 406 g/mol. The molecule has 2 aromatic carbocycles. The van der Waals surface area contributed by atoms with E-state index in [4.69, 9.17) is 9.47 Å². The van der Waals surface area contributed by atoms with Gasteiger partial charge >= 0.3 is 0 Å². The van der Waals surface area contributed by atoms with E-state index in [-0.39, 0.29) is 11.3 Å². The van der Waals surface area contributed by atoms with E-state index in [0.717, 1.165) is 24.8 Å². The van der Waals surface area contributed by atoms with E-state index in [1.165, 1.54) is 17.5 Å². The Hall–Kier alpha value is -3.28. The van der Waals surface area contributed by atoms with Crippen molar-refractivity contribution in [3.8, 4) is 11.5 Å². The van der Waals surface area contributed by atoms with Crippen molar-refractivity contribution in [2.75, 3.05) is 19.8 Å². The van der Waals surface area contributed by atoms with Gasteiger partial charge in [0.1, 0.15) is 19.0 Å². The van der Waals surface area contributed by atoms with E-state index in [1.807, 2.05) is 37.3 Å². The van der Waals surface area contributed by atoms with Crippen LogP contribution >= 0.6 is 0 Å². The number of rotatable bonds is 4. The molecule has 2 aliphatic heterocycles. The van der Waals surface area contributed by atoms with Crippen molar-refractivity contribution in [2.24, 2.45) is 0 Å². The second kappa shape index (κ2) is 8.34. The number of carbonyl (C=O) groups is 2. The van der Waals surface area contributed by atoms with Gasteiger partial charge in [0.25, 0.3) is 11.7 Å². The Kier molecular flexibility index (Phi) is 5.37. The molecule has 6 heteroatoms. The van der Waals surface area contributed by atoms with Crippen molar-refractivity contribution in [3.05, 3.63) is 64.2 Å². The summed E-state index contributed by atoms with van der Waals surface area (Å²) in [5, 5.41) is 11.3. The largest absolute Gasteiger partial charge is 0.507 e. The summed E-state index contributed by atoms with van der Waals surface area (Å²) in [7, 11) is 0. The van der Waals surface area contributed by atoms with Gasteiger partial charge in [-0.25, -0.2) is 0 Å². The summed E-state index contributed by atoms with van der Waals surface area (Å²) >= 11 is 0. The van der Waals surface area contributed by atoms with Crippen LogP contribution in [0, 0.1) is 0 Å². The van der Waals surface area contributed by atoms with Gasteiger partial charge in [0.15, 0.2) is 11.5 Å². The fraction of sp³-hybridized carbons (Fsp3) is 0.385. The summed E-state index contributed by atoms with van der Waals surface area (Å²) in [5.74, 6) is -0.109. The molecule has 32 heavy (non-hydrogen) atoms. The van der Waals surface area contributed by atoms with Crippen molar-refractivity contribution in [3.63, 3.8) is 0 Å². The lowest BCUT2D eigenvalue weighted by molar-refractivity contribution is -0.139. The van der Waals surface area contributed by atoms with Crippen LogP contribution < -0.4 is 9.47 Å². The molecule has 1 N–H and O–H groups in total. The van der Waals surface area contributed by atoms with Crippen LogP contribution in [-0.4, -0.2) is 41.5 Å². The molecule has 1 unspecified atom stereocenters. The van der Waals surface area contributed by atoms with Gasteiger partial charge in [0, 0.05) is 12.1 Å². The maximum atomic E-state index is 13.1. The molecule has 1 aliphatic carbocycles. The van der Waals surface area contributed by atoms with Crippen molar-refractivity contribution in [1.82, 2.24) is 4.90 Å². The van der Waals surface area contributed by atoms with Crippen molar-refractivity contribution in [1.29, 1.82) is 0 Å². The van der Waals surface area contributed by atoms with Gasteiger partial charge in [-0.05, 0) is 67.0 Å². The van der Waals surface area contributed by atoms with E-state index in [0.29, 0.717) is 43.2 Å². The highest BCUT2D eigenvalue weighted by Gasteiger charge is 2.46. The Morgan fingerprint density at radius 1 is 1.00 bits per heavy atom. The summed E-state index contributed by atoms with van der Waals surface area (Å²) in [6.07, 6.45) is 4.99. The minimum Gasteiger partial charge on any atom is -0.507 e. The van der Waals surface area contributed by atoms with Gasteiger partial charge in [-0.3, -0.25) is 9.59 Å². The van der Waals surface area contributed by atoms with Crippen LogP contribution in [0.4, 0.5) is 0 Å². The molecule has 1 atom stereocenters. The topological polar surface area (TPSA) is 76.1 Å². The normalized spacial score (nSPS) is 21.5. The second-order valence-corrected chi connectivity index (χ2v) is 8.59. The van der Waals surface area contributed by atoms with E-state index in [1.54, 1.807) is 11.0 Å². The third kappa shape index (κ3) is 3.44. The molecule has 3 aliphatic rings. The molecule has 166 valence electrons. The Balaban J connectivity index is 1.63. The first kappa shape index (κ1) is 20.6.